The quantitative estimate of drug-likeness (QED) is 0.644. The standard InChI is InChI=1S/C10H22N2O3S2/c1-15-7-4-11-3-5-12-6-8-16-9-10(12)17(2,13)14/h10-11H,3-9H2,1-2H3. The van der Waals surface area contributed by atoms with Crippen molar-refractivity contribution in [3.63, 3.8) is 0 Å². The summed E-state index contributed by atoms with van der Waals surface area (Å²) in [6.45, 7) is 3.93. The lowest BCUT2D eigenvalue weighted by Crippen LogP contribution is -2.49. The maximum atomic E-state index is 11.6. The van der Waals surface area contributed by atoms with Gasteiger partial charge >= 0.3 is 0 Å². The van der Waals surface area contributed by atoms with Crippen LogP contribution >= 0.6 is 11.8 Å². The molecule has 0 bridgehead atoms. The minimum atomic E-state index is -2.97. The zero-order valence-electron chi connectivity index (χ0n) is 10.5. The van der Waals surface area contributed by atoms with Gasteiger partial charge in [-0.05, 0) is 0 Å². The molecule has 0 spiro atoms. The van der Waals surface area contributed by atoms with Crippen LogP contribution in [0.5, 0.6) is 0 Å². The number of hydrogen-bond donors (Lipinski definition) is 1. The topological polar surface area (TPSA) is 58.6 Å². The highest BCUT2D eigenvalue weighted by atomic mass is 32.2. The van der Waals surface area contributed by atoms with Crippen LogP contribution in [-0.4, -0.2) is 76.3 Å². The summed E-state index contributed by atoms with van der Waals surface area (Å²) in [5.74, 6) is 1.71. The molecule has 1 unspecified atom stereocenters. The number of nitrogens with one attached hydrogen (secondary N) is 1. The van der Waals surface area contributed by atoms with E-state index in [0.717, 1.165) is 31.9 Å². The van der Waals surface area contributed by atoms with Gasteiger partial charge in [-0.25, -0.2) is 8.42 Å². The summed E-state index contributed by atoms with van der Waals surface area (Å²) >= 11 is 1.72. The van der Waals surface area contributed by atoms with E-state index >= 15 is 0 Å². The lowest BCUT2D eigenvalue weighted by Gasteiger charge is -2.33. The van der Waals surface area contributed by atoms with Crippen LogP contribution in [0.25, 0.3) is 0 Å². The molecule has 102 valence electrons. The first-order valence-corrected chi connectivity index (χ1v) is 8.87. The van der Waals surface area contributed by atoms with Crippen molar-refractivity contribution in [2.45, 2.75) is 5.37 Å². The molecule has 1 heterocycles. The summed E-state index contributed by atoms with van der Waals surface area (Å²) in [7, 11) is -1.30. The maximum absolute atomic E-state index is 11.6. The highest BCUT2D eigenvalue weighted by Crippen LogP contribution is 2.19. The molecule has 1 fully saturated rings. The van der Waals surface area contributed by atoms with Crippen LogP contribution in [0, 0.1) is 0 Å². The minimum Gasteiger partial charge on any atom is -0.383 e. The molecule has 17 heavy (non-hydrogen) atoms. The number of thioether (sulfide) groups is 1. The van der Waals surface area contributed by atoms with Crippen LogP contribution in [-0.2, 0) is 14.6 Å². The van der Waals surface area contributed by atoms with E-state index in [1.807, 2.05) is 0 Å². The molecule has 0 amide bonds. The summed E-state index contributed by atoms with van der Waals surface area (Å²) in [6.07, 6.45) is 1.33. The molecule has 1 saturated heterocycles. The number of methoxy groups -OCH3 is 1. The van der Waals surface area contributed by atoms with Gasteiger partial charge in [0.2, 0.25) is 0 Å². The number of sulfone groups is 1. The summed E-state index contributed by atoms with van der Waals surface area (Å²) in [5.41, 5.74) is 0. The normalized spacial score (nSPS) is 22.8. The molecule has 1 N–H and O–H groups in total. The molecule has 0 aromatic carbocycles. The van der Waals surface area contributed by atoms with Crippen LogP contribution in [0.15, 0.2) is 0 Å². The van der Waals surface area contributed by atoms with E-state index in [4.69, 9.17) is 4.74 Å². The van der Waals surface area contributed by atoms with Gasteiger partial charge in [-0.3, -0.25) is 4.90 Å². The predicted octanol–water partition coefficient (Wildman–Crippen LogP) is -0.358. The molecule has 0 saturated carbocycles. The Kier molecular flexibility index (Phi) is 6.79. The predicted molar refractivity (Wildman–Crippen MR) is 72.3 cm³/mol. The van der Waals surface area contributed by atoms with Crippen molar-refractivity contribution < 1.29 is 13.2 Å². The number of rotatable bonds is 7. The first kappa shape index (κ1) is 15.2. The van der Waals surface area contributed by atoms with Crippen molar-refractivity contribution in [1.82, 2.24) is 10.2 Å². The largest absolute Gasteiger partial charge is 0.383 e. The Morgan fingerprint density at radius 1 is 1.47 bits per heavy atom. The van der Waals surface area contributed by atoms with Crippen molar-refractivity contribution in [3.8, 4) is 0 Å². The second-order valence-corrected chi connectivity index (χ2v) is 7.49. The molecule has 0 radical (unpaired) electrons. The fraction of sp³-hybridized carbons (Fsp3) is 1.00. The highest BCUT2D eigenvalue weighted by Gasteiger charge is 2.30. The third kappa shape index (κ3) is 5.56. The van der Waals surface area contributed by atoms with E-state index in [9.17, 15) is 8.42 Å². The van der Waals surface area contributed by atoms with Gasteiger partial charge in [0.1, 0.15) is 5.37 Å². The molecule has 5 nitrogen and oxygen atoms in total. The molecule has 1 aliphatic heterocycles. The lowest BCUT2D eigenvalue weighted by atomic mass is 10.4. The fourth-order valence-corrected chi connectivity index (χ4v) is 4.76. The Morgan fingerprint density at radius 2 is 2.24 bits per heavy atom. The van der Waals surface area contributed by atoms with Crippen molar-refractivity contribution >= 4 is 21.6 Å². The third-order valence-corrected chi connectivity index (χ3v) is 5.43. The van der Waals surface area contributed by atoms with E-state index < -0.39 is 9.84 Å². The fourth-order valence-electron chi connectivity index (χ4n) is 1.79. The van der Waals surface area contributed by atoms with E-state index in [0.29, 0.717) is 12.4 Å². The van der Waals surface area contributed by atoms with Crippen LogP contribution in [0.3, 0.4) is 0 Å². The summed E-state index contributed by atoms with van der Waals surface area (Å²) in [5, 5.41) is 2.92. The lowest BCUT2D eigenvalue weighted by molar-refractivity contribution is 0.196. The van der Waals surface area contributed by atoms with Crippen molar-refractivity contribution in [2.75, 3.05) is 57.7 Å². The Hall–Kier alpha value is 0.180. The summed E-state index contributed by atoms with van der Waals surface area (Å²) in [4.78, 5) is 2.06. The SMILES string of the molecule is COCCNCCN1CCSCC1S(C)(=O)=O. The van der Waals surface area contributed by atoms with Crippen molar-refractivity contribution in [3.05, 3.63) is 0 Å². The van der Waals surface area contributed by atoms with Gasteiger partial charge in [-0.15, -0.1) is 0 Å². The maximum Gasteiger partial charge on any atom is 0.164 e. The Balaban J connectivity index is 2.33. The van der Waals surface area contributed by atoms with Crippen LogP contribution in [0.4, 0.5) is 0 Å². The van der Waals surface area contributed by atoms with Gasteiger partial charge in [-0.1, -0.05) is 0 Å². The Labute approximate surface area is 108 Å². The van der Waals surface area contributed by atoms with Crippen molar-refractivity contribution in [1.29, 1.82) is 0 Å². The molecular formula is C10H22N2O3S2. The zero-order chi connectivity index (χ0) is 12.7. The zero-order valence-corrected chi connectivity index (χ0v) is 12.1. The monoisotopic (exact) mass is 282 g/mol. The number of nitrogens with zero attached hydrogens (tertiary/aromatic N) is 1. The second-order valence-electron chi connectivity index (χ2n) is 4.14. The minimum absolute atomic E-state index is 0.314. The first-order chi connectivity index (χ1) is 8.05. The molecule has 1 rings (SSSR count). The van der Waals surface area contributed by atoms with Gasteiger partial charge in [0.25, 0.3) is 0 Å². The van der Waals surface area contributed by atoms with Gasteiger partial charge in [0, 0.05) is 51.1 Å². The molecule has 0 aromatic heterocycles. The number of hydrogen-bond acceptors (Lipinski definition) is 6. The van der Waals surface area contributed by atoms with Gasteiger partial charge in [0.05, 0.1) is 6.61 Å². The Bertz CT molecular complexity index is 309. The molecule has 1 atom stereocenters. The Morgan fingerprint density at radius 3 is 2.88 bits per heavy atom. The van der Waals surface area contributed by atoms with E-state index in [-0.39, 0.29) is 5.37 Å². The van der Waals surface area contributed by atoms with E-state index in [1.165, 1.54) is 6.26 Å². The smallest absolute Gasteiger partial charge is 0.164 e. The average molecular weight is 282 g/mol. The molecule has 7 heteroatoms. The van der Waals surface area contributed by atoms with Gasteiger partial charge in [0.15, 0.2) is 9.84 Å². The van der Waals surface area contributed by atoms with Crippen LogP contribution < -0.4 is 5.32 Å². The molecule has 0 aliphatic carbocycles. The van der Waals surface area contributed by atoms with Crippen LogP contribution in [0.1, 0.15) is 0 Å². The van der Waals surface area contributed by atoms with Crippen molar-refractivity contribution in [2.24, 2.45) is 0 Å². The first-order valence-electron chi connectivity index (χ1n) is 5.76. The second kappa shape index (κ2) is 7.58. The molecule has 0 aromatic rings. The third-order valence-electron chi connectivity index (χ3n) is 2.74. The van der Waals surface area contributed by atoms with E-state index in [2.05, 4.69) is 10.2 Å². The number of ether oxygens (including phenoxy) is 1. The molecular weight excluding hydrogens is 260 g/mol. The van der Waals surface area contributed by atoms with Gasteiger partial charge < -0.3 is 10.1 Å². The summed E-state index contributed by atoms with van der Waals surface area (Å²) < 4.78 is 28.2. The average Bonchev–Trinajstić information content (AvgIpc) is 2.28. The van der Waals surface area contributed by atoms with E-state index in [1.54, 1.807) is 18.9 Å². The summed E-state index contributed by atoms with van der Waals surface area (Å²) in [6, 6.07) is 0. The van der Waals surface area contributed by atoms with Gasteiger partial charge in [-0.2, -0.15) is 11.8 Å². The van der Waals surface area contributed by atoms with Crippen LogP contribution in [0.2, 0.25) is 0 Å². The highest BCUT2D eigenvalue weighted by molar-refractivity contribution is 8.00. The molecule has 1 aliphatic rings.